The quantitative estimate of drug-likeness (QED) is 0.615. The zero-order valence-corrected chi connectivity index (χ0v) is 15.6. The van der Waals surface area contributed by atoms with Crippen LogP contribution in [0.15, 0.2) is 12.1 Å². The molecular weight excluding hydrogens is 348 g/mol. The molecule has 1 spiro atoms. The van der Waals surface area contributed by atoms with Crippen molar-refractivity contribution in [2.24, 2.45) is 0 Å². The van der Waals surface area contributed by atoms with Crippen molar-refractivity contribution in [2.75, 3.05) is 13.6 Å². The van der Waals surface area contributed by atoms with Crippen molar-refractivity contribution in [3.05, 3.63) is 23.3 Å². The molecule has 6 atom stereocenters. The largest absolute Gasteiger partial charge is 0.504 e. The van der Waals surface area contributed by atoms with Gasteiger partial charge in [0.15, 0.2) is 11.5 Å². The van der Waals surface area contributed by atoms with Crippen molar-refractivity contribution >= 4 is 5.97 Å². The van der Waals surface area contributed by atoms with E-state index >= 15 is 0 Å². The molecule has 2 bridgehead atoms. The Morgan fingerprint density at radius 3 is 2.93 bits per heavy atom. The van der Waals surface area contributed by atoms with Crippen LogP contribution < -0.4 is 10.1 Å². The molecule has 27 heavy (non-hydrogen) atoms. The first-order chi connectivity index (χ1) is 12.8. The number of ether oxygens (including phenoxy) is 1. The number of likely N-dealkylation sites (N-methyl/N-ethyl adjacent to an activating group) is 1. The maximum Gasteiger partial charge on any atom is 0.320 e. The molecule has 2 aliphatic carbocycles. The molecule has 2 fully saturated rings. The fraction of sp³-hybridized carbons (Fsp3) is 0.650. The predicted octanol–water partition coefficient (Wildman–Crippen LogP) is 0.607. The lowest BCUT2D eigenvalue weighted by molar-refractivity contribution is -0.187. The molecule has 5 rings (SSSR count). The number of piperidine rings is 1. The van der Waals surface area contributed by atoms with E-state index in [0.29, 0.717) is 18.6 Å². The number of likely N-dealkylation sites (tertiary alicyclic amines) is 1. The lowest BCUT2D eigenvalue weighted by Crippen LogP contribution is -2.78. The number of hydrogen-bond acceptors (Lipinski definition) is 6. The topological polar surface area (TPSA) is 102 Å². The van der Waals surface area contributed by atoms with Gasteiger partial charge < -0.3 is 25.0 Å². The van der Waals surface area contributed by atoms with Crippen molar-refractivity contribution in [2.45, 2.75) is 67.9 Å². The first-order valence-electron chi connectivity index (χ1n) is 9.73. The average Bonchev–Trinajstić information content (AvgIpc) is 2.98. The maximum absolute atomic E-state index is 12.0. The number of carboxylic acid groups (broad SMARTS) is 1. The first kappa shape index (κ1) is 17.3. The fourth-order valence-electron chi connectivity index (χ4n) is 6.32. The van der Waals surface area contributed by atoms with Gasteiger partial charge in [-0.2, -0.15) is 0 Å². The molecule has 146 valence electrons. The first-order valence-corrected chi connectivity index (χ1v) is 9.73. The van der Waals surface area contributed by atoms with Crippen LogP contribution in [0.4, 0.5) is 0 Å². The van der Waals surface area contributed by atoms with E-state index in [9.17, 15) is 20.1 Å². The van der Waals surface area contributed by atoms with E-state index in [4.69, 9.17) is 4.74 Å². The molecular formula is C20H26N2O5. The van der Waals surface area contributed by atoms with Crippen LogP contribution in [-0.2, 0) is 16.6 Å². The number of nitrogens with one attached hydrogen (secondary N) is 1. The summed E-state index contributed by atoms with van der Waals surface area (Å²) in [5.74, 6) is -0.324. The van der Waals surface area contributed by atoms with Crippen LogP contribution in [-0.4, -0.2) is 69.6 Å². The van der Waals surface area contributed by atoms with Crippen molar-refractivity contribution in [1.29, 1.82) is 0 Å². The molecule has 7 nitrogen and oxygen atoms in total. The number of hydrogen-bond donors (Lipinski definition) is 4. The smallest absolute Gasteiger partial charge is 0.320 e. The summed E-state index contributed by atoms with van der Waals surface area (Å²) >= 11 is 0. The van der Waals surface area contributed by atoms with Crippen molar-refractivity contribution < 1.29 is 24.9 Å². The van der Waals surface area contributed by atoms with Crippen LogP contribution in [0.1, 0.15) is 37.3 Å². The molecule has 2 aliphatic heterocycles. The molecule has 1 saturated heterocycles. The summed E-state index contributed by atoms with van der Waals surface area (Å²) in [5, 5.41) is 35.0. The van der Waals surface area contributed by atoms with E-state index in [2.05, 4.69) is 17.3 Å². The van der Waals surface area contributed by atoms with Crippen molar-refractivity contribution in [3.63, 3.8) is 0 Å². The minimum atomic E-state index is -0.943. The number of carbonyl (C=O) groups is 1. The van der Waals surface area contributed by atoms with Gasteiger partial charge in [0.1, 0.15) is 12.1 Å². The molecule has 1 saturated carbocycles. The molecule has 0 unspecified atom stereocenters. The highest BCUT2D eigenvalue weighted by Gasteiger charge is 2.72. The Hall–Kier alpha value is -1.83. The zero-order valence-electron chi connectivity index (χ0n) is 15.6. The second-order valence-electron chi connectivity index (χ2n) is 8.70. The summed E-state index contributed by atoms with van der Waals surface area (Å²) in [6.45, 7) is 2.46. The second-order valence-corrected chi connectivity index (χ2v) is 8.70. The number of benzene rings is 1. The Morgan fingerprint density at radius 1 is 1.41 bits per heavy atom. The van der Waals surface area contributed by atoms with Gasteiger partial charge >= 0.3 is 5.97 Å². The normalized spacial score (nSPS) is 40.2. The Kier molecular flexibility index (Phi) is 3.44. The predicted molar refractivity (Wildman–Crippen MR) is 97.1 cm³/mol. The lowest BCUT2D eigenvalue weighted by atomic mass is 9.48. The minimum absolute atomic E-state index is 0.00168. The third kappa shape index (κ3) is 1.94. The molecule has 2 heterocycles. The highest BCUT2D eigenvalue weighted by molar-refractivity contribution is 5.73. The van der Waals surface area contributed by atoms with E-state index in [-0.39, 0.29) is 17.8 Å². The summed E-state index contributed by atoms with van der Waals surface area (Å²) in [5.41, 5.74) is 0.522. The number of phenols is 1. The third-order valence-electron chi connectivity index (χ3n) is 7.56. The van der Waals surface area contributed by atoms with Gasteiger partial charge in [0, 0.05) is 17.6 Å². The number of aliphatic hydroxyl groups is 1. The van der Waals surface area contributed by atoms with Crippen LogP contribution in [0.2, 0.25) is 0 Å². The maximum atomic E-state index is 12.0. The van der Waals surface area contributed by atoms with E-state index in [1.165, 1.54) is 0 Å². The highest BCUT2D eigenvalue weighted by Crippen LogP contribution is 2.65. The van der Waals surface area contributed by atoms with E-state index in [0.717, 1.165) is 30.5 Å². The third-order valence-corrected chi connectivity index (χ3v) is 7.56. The lowest BCUT2D eigenvalue weighted by Gasteiger charge is -2.63. The summed E-state index contributed by atoms with van der Waals surface area (Å²) in [6, 6.07) is 2.72. The molecule has 1 aromatic rings. The molecule has 0 radical (unpaired) electrons. The second kappa shape index (κ2) is 5.37. The molecule has 0 aromatic heterocycles. The Labute approximate surface area is 157 Å². The summed E-state index contributed by atoms with van der Waals surface area (Å²) in [7, 11) is 2.06. The van der Waals surface area contributed by atoms with E-state index in [1.54, 1.807) is 13.0 Å². The minimum Gasteiger partial charge on any atom is -0.504 e. The summed E-state index contributed by atoms with van der Waals surface area (Å²) in [4.78, 5) is 13.6. The zero-order chi connectivity index (χ0) is 19.1. The van der Waals surface area contributed by atoms with Crippen LogP contribution in [0.3, 0.4) is 0 Å². The molecule has 4 aliphatic rings. The van der Waals surface area contributed by atoms with Gasteiger partial charge in [0.25, 0.3) is 0 Å². The SMILES string of the molecule is C[C@H](N[C@@H]1CC[C@@]2(O)[C@H]3Cc4ccc(O)c5c4[C@@]2(CCN3C)[C@H]1O5)C(=O)O. The number of aromatic hydroxyl groups is 1. The van der Waals surface area contributed by atoms with Gasteiger partial charge in [-0.25, -0.2) is 0 Å². The fourth-order valence-corrected chi connectivity index (χ4v) is 6.32. The highest BCUT2D eigenvalue weighted by atomic mass is 16.5. The Bertz CT molecular complexity index is 829. The molecule has 4 N–H and O–H groups in total. The molecule has 1 aromatic carbocycles. The Balaban J connectivity index is 1.68. The number of nitrogens with zero attached hydrogens (tertiary/aromatic N) is 1. The van der Waals surface area contributed by atoms with Gasteiger partial charge in [-0.1, -0.05) is 6.07 Å². The number of carboxylic acids is 1. The van der Waals surface area contributed by atoms with Crippen LogP contribution in [0.25, 0.3) is 0 Å². The van der Waals surface area contributed by atoms with Crippen LogP contribution >= 0.6 is 0 Å². The average molecular weight is 374 g/mol. The monoisotopic (exact) mass is 374 g/mol. The summed E-state index contributed by atoms with van der Waals surface area (Å²) in [6.07, 6.45) is 2.29. The number of aliphatic carboxylic acids is 1. The Morgan fingerprint density at radius 2 is 2.19 bits per heavy atom. The van der Waals surface area contributed by atoms with Gasteiger partial charge in [-0.05, 0) is 57.8 Å². The standard InChI is InChI=1S/C20H26N2O5/c1-10(18(24)25)21-12-5-6-20(26)14-9-11-3-4-13(23)16-15(11)19(20,17(12)27-16)7-8-22(14)2/h3-4,10,12,14,17,21,23,26H,5-9H2,1-2H3,(H,24,25)/t10-,12+,14+,17-,19-,20+/m0/s1. The van der Waals surface area contributed by atoms with Crippen molar-refractivity contribution in [3.8, 4) is 11.5 Å². The number of rotatable bonds is 3. The van der Waals surface area contributed by atoms with Gasteiger partial charge in [-0.3, -0.25) is 10.1 Å². The van der Waals surface area contributed by atoms with E-state index < -0.39 is 29.1 Å². The van der Waals surface area contributed by atoms with E-state index in [1.807, 2.05) is 6.07 Å². The van der Waals surface area contributed by atoms with Gasteiger partial charge in [-0.15, -0.1) is 0 Å². The summed E-state index contributed by atoms with van der Waals surface area (Å²) < 4.78 is 6.32. The van der Waals surface area contributed by atoms with Crippen LogP contribution in [0, 0.1) is 0 Å². The van der Waals surface area contributed by atoms with Crippen LogP contribution in [0.5, 0.6) is 11.5 Å². The molecule has 7 heteroatoms. The van der Waals surface area contributed by atoms with Gasteiger partial charge in [0.05, 0.1) is 11.0 Å². The van der Waals surface area contributed by atoms with Gasteiger partial charge in [0.2, 0.25) is 0 Å². The number of phenolic OH excluding ortho intramolecular Hbond substituents is 1. The van der Waals surface area contributed by atoms with Crippen molar-refractivity contribution in [1.82, 2.24) is 10.2 Å². The molecule has 0 amide bonds.